The normalized spacial score (nSPS) is 20.9. The fourth-order valence-electron chi connectivity index (χ4n) is 1.91. The van der Waals surface area contributed by atoms with Crippen molar-refractivity contribution in [1.82, 2.24) is 14.8 Å². The van der Waals surface area contributed by atoms with Gasteiger partial charge in [-0.3, -0.25) is 0 Å². The van der Waals surface area contributed by atoms with Gasteiger partial charge in [0.05, 0.1) is 0 Å². The van der Waals surface area contributed by atoms with Gasteiger partial charge in [0.25, 0.3) is 0 Å². The van der Waals surface area contributed by atoms with E-state index < -0.39 is 12.6 Å². The minimum absolute atomic E-state index is 0.00971. The lowest BCUT2D eigenvalue weighted by Gasteiger charge is -2.22. The molecule has 1 aliphatic rings. The molecule has 0 spiro atoms. The van der Waals surface area contributed by atoms with Crippen LogP contribution in [0.1, 0.15) is 18.1 Å². The van der Waals surface area contributed by atoms with Gasteiger partial charge < -0.3 is 9.67 Å². The lowest BCUT2D eigenvalue weighted by Crippen LogP contribution is -2.26. The molecule has 1 N–H and O–H groups in total. The molecule has 2 heterocycles. The third kappa shape index (κ3) is 2.34. The first-order valence-corrected chi connectivity index (χ1v) is 5.08. The van der Waals surface area contributed by atoms with Crippen molar-refractivity contribution in [3.63, 3.8) is 0 Å². The summed E-state index contributed by atoms with van der Waals surface area (Å²) in [5.74, 6) is 0.542. The number of hydrogen-bond donors (Lipinski definition) is 1. The molecule has 7 heteroatoms. The summed E-state index contributed by atoms with van der Waals surface area (Å²) in [6.45, 7) is 0.368. The molecule has 1 aromatic heterocycles. The van der Waals surface area contributed by atoms with Crippen LogP contribution in [0.15, 0.2) is 0 Å². The van der Waals surface area contributed by atoms with Crippen LogP contribution in [0.4, 0.5) is 13.2 Å². The first-order chi connectivity index (χ1) is 7.49. The molecule has 0 aliphatic carbocycles. The molecule has 16 heavy (non-hydrogen) atoms. The minimum Gasteiger partial charge on any atom is -0.396 e. The van der Waals surface area contributed by atoms with Crippen LogP contribution in [0, 0.1) is 5.92 Å². The molecule has 0 fully saturated rings. The zero-order chi connectivity index (χ0) is 11.8. The fourth-order valence-corrected chi connectivity index (χ4v) is 1.91. The van der Waals surface area contributed by atoms with Gasteiger partial charge in [0.15, 0.2) is 0 Å². The van der Waals surface area contributed by atoms with Crippen LogP contribution in [0.2, 0.25) is 0 Å². The topological polar surface area (TPSA) is 50.9 Å². The summed E-state index contributed by atoms with van der Waals surface area (Å²) < 4.78 is 38.2. The van der Waals surface area contributed by atoms with Crippen LogP contribution < -0.4 is 0 Å². The van der Waals surface area contributed by atoms with Crippen LogP contribution in [0.3, 0.4) is 0 Å². The number of aromatic nitrogens is 3. The Morgan fingerprint density at radius 2 is 2.12 bits per heavy atom. The van der Waals surface area contributed by atoms with Crippen molar-refractivity contribution in [3.05, 3.63) is 11.6 Å². The van der Waals surface area contributed by atoms with Crippen molar-refractivity contribution in [2.75, 3.05) is 6.61 Å². The zero-order valence-electron chi connectivity index (χ0n) is 8.54. The number of alkyl halides is 3. The van der Waals surface area contributed by atoms with Gasteiger partial charge in [0.1, 0.15) is 18.1 Å². The number of aliphatic hydroxyl groups is 1. The first-order valence-electron chi connectivity index (χ1n) is 5.08. The number of aryl methyl sites for hydroxylation is 1. The monoisotopic (exact) mass is 235 g/mol. The predicted molar refractivity (Wildman–Crippen MR) is 48.7 cm³/mol. The average molecular weight is 235 g/mol. The Balaban J connectivity index is 2.20. The Morgan fingerprint density at radius 1 is 1.38 bits per heavy atom. The van der Waals surface area contributed by atoms with E-state index >= 15 is 0 Å². The number of fused-ring (bicyclic) bond motifs is 1. The maximum absolute atomic E-state index is 12.2. The van der Waals surface area contributed by atoms with E-state index in [-0.39, 0.29) is 18.3 Å². The second kappa shape index (κ2) is 4.04. The summed E-state index contributed by atoms with van der Waals surface area (Å²) in [5, 5.41) is 16.3. The molecule has 4 nitrogen and oxygen atoms in total. The molecule has 0 radical (unpaired) electrons. The lowest BCUT2D eigenvalue weighted by molar-refractivity contribution is -0.129. The third-order valence-electron chi connectivity index (χ3n) is 2.74. The molecule has 0 amide bonds. The molecule has 0 aromatic carbocycles. The summed E-state index contributed by atoms with van der Waals surface area (Å²) in [7, 11) is 0. The van der Waals surface area contributed by atoms with E-state index in [1.54, 1.807) is 0 Å². The highest BCUT2D eigenvalue weighted by Crippen LogP contribution is 2.24. The molecule has 1 aliphatic heterocycles. The van der Waals surface area contributed by atoms with E-state index in [1.807, 2.05) is 0 Å². The van der Waals surface area contributed by atoms with Crippen molar-refractivity contribution in [2.45, 2.75) is 32.0 Å². The van der Waals surface area contributed by atoms with Crippen molar-refractivity contribution in [3.8, 4) is 0 Å². The van der Waals surface area contributed by atoms with Crippen molar-refractivity contribution < 1.29 is 18.3 Å². The number of hydrogen-bond acceptors (Lipinski definition) is 3. The first kappa shape index (κ1) is 11.4. The van der Waals surface area contributed by atoms with Crippen molar-refractivity contribution >= 4 is 0 Å². The summed E-state index contributed by atoms with van der Waals surface area (Å²) >= 11 is 0. The highest BCUT2D eigenvalue weighted by atomic mass is 19.4. The summed E-state index contributed by atoms with van der Waals surface area (Å²) in [6, 6.07) is 0. The Labute approximate surface area is 90.1 Å². The van der Waals surface area contributed by atoms with Crippen molar-refractivity contribution in [1.29, 1.82) is 0 Å². The van der Waals surface area contributed by atoms with E-state index in [0.29, 0.717) is 18.8 Å². The van der Waals surface area contributed by atoms with Crippen LogP contribution in [0.25, 0.3) is 0 Å². The quantitative estimate of drug-likeness (QED) is 0.829. The van der Waals surface area contributed by atoms with Crippen LogP contribution in [-0.4, -0.2) is 32.7 Å². The number of aliphatic hydroxyl groups excluding tert-OH is 1. The molecule has 1 atom stereocenters. The van der Waals surface area contributed by atoms with E-state index in [1.165, 1.54) is 4.57 Å². The van der Waals surface area contributed by atoms with E-state index in [4.69, 9.17) is 5.11 Å². The fraction of sp³-hybridized carbons (Fsp3) is 0.778. The van der Waals surface area contributed by atoms with Gasteiger partial charge in [-0.05, 0) is 6.42 Å². The smallest absolute Gasteiger partial charge is 0.396 e. The zero-order valence-corrected chi connectivity index (χ0v) is 8.54. The Morgan fingerprint density at radius 3 is 2.75 bits per heavy atom. The Hall–Kier alpha value is -1.11. The maximum Gasteiger partial charge on any atom is 0.396 e. The largest absolute Gasteiger partial charge is 0.396 e. The van der Waals surface area contributed by atoms with Crippen LogP contribution in [0.5, 0.6) is 0 Å². The van der Waals surface area contributed by atoms with E-state index in [2.05, 4.69) is 10.2 Å². The molecular formula is C9H12F3N3O. The van der Waals surface area contributed by atoms with Gasteiger partial charge in [0.2, 0.25) is 0 Å². The third-order valence-corrected chi connectivity index (χ3v) is 2.74. The minimum atomic E-state index is -4.27. The molecular weight excluding hydrogens is 223 g/mol. The molecule has 2 rings (SSSR count). The average Bonchev–Trinajstić information content (AvgIpc) is 2.58. The molecule has 0 saturated carbocycles. The highest BCUT2D eigenvalue weighted by Gasteiger charge is 2.32. The Kier molecular flexibility index (Phi) is 2.88. The number of rotatable bonds is 2. The van der Waals surface area contributed by atoms with E-state index in [9.17, 15) is 13.2 Å². The second-order valence-electron chi connectivity index (χ2n) is 4.02. The maximum atomic E-state index is 12.2. The molecule has 0 bridgehead atoms. The van der Waals surface area contributed by atoms with Gasteiger partial charge in [0, 0.05) is 25.5 Å². The Bertz CT molecular complexity index is 375. The van der Waals surface area contributed by atoms with Crippen LogP contribution in [-0.2, 0) is 19.4 Å². The standard InChI is InChI=1S/C9H12F3N3O/c10-9(11,12)3-8-14-13-7-2-1-6(5-16)4-15(7)8/h6,16H,1-5H2. The SMILES string of the molecule is OCC1CCc2nnc(CC(F)(F)F)n2C1. The van der Waals surface area contributed by atoms with Gasteiger partial charge in [-0.15, -0.1) is 10.2 Å². The van der Waals surface area contributed by atoms with Crippen molar-refractivity contribution in [2.24, 2.45) is 5.92 Å². The van der Waals surface area contributed by atoms with E-state index in [0.717, 1.165) is 6.42 Å². The predicted octanol–water partition coefficient (Wildman–Crippen LogP) is 0.938. The summed E-state index contributed by atoms with van der Waals surface area (Å²) in [5.41, 5.74) is 0. The van der Waals surface area contributed by atoms with Crippen LogP contribution >= 0.6 is 0 Å². The van der Waals surface area contributed by atoms with Gasteiger partial charge >= 0.3 is 6.18 Å². The highest BCUT2D eigenvalue weighted by molar-refractivity contribution is 5.01. The van der Waals surface area contributed by atoms with Gasteiger partial charge in [-0.1, -0.05) is 0 Å². The number of nitrogens with zero attached hydrogens (tertiary/aromatic N) is 3. The molecule has 1 unspecified atom stereocenters. The summed E-state index contributed by atoms with van der Waals surface area (Å²) in [6.07, 6.45) is -4.00. The lowest BCUT2D eigenvalue weighted by atomic mass is 10.0. The molecule has 1 aromatic rings. The van der Waals surface area contributed by atoms with Gasteiger partial charge in [-0.2, -0.15) is 13.2 Å². The number of halogens is 3. The van der Waals surface area contributed by atoms with Gasteiger partial charge in [-0.25, -0.2) is 0 Å². The summed E-state index contributed by atoms with van der Waals surface area (Å²) in [4.78, 5) is 0. The molecule has 90 valence electrons. The molecule has 0 saturated heterocycles. The second-order valence-corrected chi connectivity index (χ2v) is 4.02.